The molecular weight excluding hydrogens is 294 g/mol. The van der Waals surface area contributed by atoms with Crippen molar-refractivity contribution < 1.29 is 9.53 Å². The van der Waals surface area contributed by atoms with Gasteiger partial charge < -0.3 is 20.3 Å². The fraction of sp³-hybridized carbons (Fsp3) is 0.688. The van der Waals surface area contributed by atoms with Gasteiger partial charge in [0.1, 0.15) is 11.4 Å². The van der Waals surface area contributed by atoms with E-state index >= 15 is 0 Å². The number of hydrogen-bond acceptors (Lipinski definition) is 6. The number of amides is 1. The Labute approximate surface area is 136 Å². The van der Waals surface area contributed by atoms with Crippen LogP contribution in [0.3, 0.4) is 0 Å². The van der Waals surface area contributed by atoms with Crippen LogP contribution in [-0.4, -0.2) is 53.0 Å². The highest BCUT2D eigenvalue weighted by molar-refractivity contribution is 5.68. The van der Waals surface area contributed by atoms with Gasteiger partial charge in [-0.25, -0.2) is 4.79 Å². The molecule has 1 spiro atoms. The summed E-state index contributed by atoms with van der Waals surface area (Å²) in [5, 5.41) is 8.03. The van der Waals surface area contributed by atoms with Gasteiger partial charge in [-0.3, -0.25) is 0 Å². The molecule has 2 aliphatic rings. The van der Waals surface area contributed by atoms with Crippen LogP contribution >= 0.6 is 0 Å². The number of hydrogen-bond donors (Lipinski definition) is 1. The van der Waals surface area contributed by atoms with E-state index in [1.165, 1.54) is 0 Å². The molecule has 23 heavy (non-hydrogen) atoms. The number of nitrogens with two attached hydrogens (primary N) is 1. The van der Waals surface area contributed by atoms with Gasteiger partial charge in [-0.05, 0) is 45.7 Å². The Bertz CT molecular complexity index is 565. The van der Waals surface area contributed by atoms with Crippen LogP contribution in [0.5, 0.6) is 0 Å². The van der Waals surface area contributed by atoms with Gasteiger partial charge in [0.05, 0.1) is 0 Å². The Hall–Kier alpha value is -2.05. The highest BCUT2D eigenvalue weighted by Gasteiger charge is 2.46. The third-order valence-electron chi connectivity index (χ3n) is 4.52. The first-order valence-electron chi connectivity index (χ1n) is 8.09. The molecule has 126 valence electrons. The van der Waals surface area contributed by atoms with Gasteiger partial charge in [0.2, 0.25) is 0 Å². The van der Waals surface area contributed by atoms with Crippen molar-refractivity contribution in [3.05, 3.63) is 12.1 Å². The molecule has 3 rings (SSSR count). The smallest absolute Gasteiger partial charge is 0.410 e. The number of nitrogens with zero attached hydrogens (tertiary/aromatic N) is 4. The monoisotopic (exact) mass is 319 g/mol. The zero-order chi connectivity index (χ0) is 16.7. The van der Waals surface area contributed by atoms with Crippen LogP contribution in [0.15, 0.2) is 12.1 Å². The Morgan fingerprint density at radius 2 is 1.87 bits per heavy atom. The Morgan fingerprint density at radius 3 is 2.39 bits per heavy atom. The molecule has 0 saturated carbocycles. The van der Waals surface area contributed by atoms with Crippen molar-refractivity contribution in [1.29, 1.82) is 0 Å². The van der Waals surface area contributed by atoms with Crippen LogP contribution in [0.1, 0.15) is 33.6 Å². The average Bonchev–Trinajstić information content (AvgIpc) is 2.44. The van der Waals surface area contributed by atoms with Gasteiger partial charge >= 0.3 is 6.09 Å². The maximum Gasteiger partial charge on any atom is 0.410 e. The molecule has 1 aromatic rings. The molecular formula is C16H25N5O2. The summed E-state index contributed by atoms with van der Waals surface area (Å²) in [5.41, 5.74) is 5.42. The highest BCUT2D eigenvalue weighted by atomic mass is 16.6. The van der Waals surface area contributed by atoms with Gasteiger partial charge in [-0.2, -0.15) is 0 Å². The maximum absolute atomic E-state index is 12.1. The lowest BCUT2D eigenvalue weighted by Gasteiger charge is -2.54. The first-order chi connectivity index (χ1) is 10.8. The average molecular weight is 319 g/mol. The molecule has 1 amide bonds. The first-order valence-corrected chi connectivity index (χ1v) is 8.09. The van der Waals surface area contributed by atoms with E-state index in [1.54, 1.807) is 6.07 Å². The molecule has 0 aromatic carbocycles. The molecule has 0 atom stereocenters. The lowest BCUT2D eigenvalue weighted by atomic mass is 9.72. The summed E-state index contributed by atoms with van der Waals surface area (Å²) in [6.07, 6.45) is 1.81. The number of piperidine rings is 1. The van der Waals surface area contributed by atoms with Gasteiger partial charge in [0.25, 0.3) is 0 Å². The minimum absolute atomic E-state index is 0.201. The van der Waals surface area contributed by atoms with Crippen molar-refractivity contribution in [2.75, 3.05) is 36.8 Å². The molecule has 0 aliphatic carbocycles. The van der Waals surface area contributed by atoms with Crippen molar-refractivity contribution in [1.82, 2.24) is 15.1 Å². The SMILES string of the molecule is CC(C)(C)OC(=O)N1CCC2(CC1)CN(c1ccc(N)nn1)C2. The van der Waals surface area contributed by atoms with Crippen molar-refractivity contribution in [2.45, 2.75) is 39.2 Å². The Balaban J connectivity index is 1.50. The summed E-state index contributed by atoms with van der Waals surface area (Å²) in [7, 11) is 0. The van der Waals surface area contributed by atoms with Gasteiger partial charge in [-0.1, -0.05) is 0 Å². The van der Waals surface area contributed by atoms with Crippen molar-refractivity contribution in [2.24, 2.45) is 5.41 Å². The second kappa shape index (κ2) is 5.54. The molecule has 7 heteroatoms. The maximum atomic E-state index is 12.1. The van der Waals surface area contributed by atoms with Crippen LogP contribution in [0, 0.1) is 5.41 Å². The number of carbonyl (C=O) groups excluding carboxylic acids is 1. The van der Waals surface area contributed by atoms with E-state index in [0.29, 0.717) is 11.2 Å². The Morgan fingerprint density at radius 1 is 1.22 bits per heavy atom. The number of carbonyl (C=O) groups is 1. The molecule has 0 unspecified atom stereocenters. The summed E-state index contributed by atoms with van der Waals surface area (Å²) < 4.78 is 5.45. The molecule has 3 heterocycles. The summed E-state index contributed by atoms with van der Waals surface area (Å²) in [6.45, 7) is 9.14. The fourth-order valence-electron chi connectivity index (χ4n) is 3.24. The van der Waals surface area contributed by atoms with E-state index in [2.05, 4.69) is 15.1 Å². The van der Waals surface area contributed by atoms with Crippen LogP contribution < -0.4 is 10.6 Å². The third-order valence-corrected chi connectivity index (χ3v) is 4.52. The topological polar surface area (TPSA) is 84.6 Å². The highest BCUT2D eigenvalue weighted by Crippen LogP contribution is 2.42. The van der Waals surface area contributed by atoms with Crippen molar-refractivity contribution in [3.8, 4) is 0 Å². The molecule has 1 aromatic heterocycles. The number of likely N-dealkylation sites (tertiary alicyclic amines) is 1. The molecule has 2 fully saturated rings. The summed E-state index contributed by atoms with van der Waals surface area (Å²) in [4.78, 5) is 16.2. The number of aromatic nitrogens is 2. The number of anilines is 2. The molecule has 2 aliphatic heterocycles. The number of ether oxygens (including phenoxy) is 1. The Kier molecular flexibility index (Phi) is 3.82. The zero-order valence-electron chi connectivity index (χ0n) is 14.1. The van der Waals surface area contributed by atoms with Gasteiger partial charge in [-0.15, -0.1) is 10.2 Å². The number of nitrogen functional groups attached to an aromatic ring is 1. The molecule has 7 nitrogen and oxygen atoms in total. The fourth-order valence-corrected chi connectivity index (χ4v) is 3.24. The predicted molar refractivity (Wildman–Crippen MR) is 88.1 cm³/mol. The van der Waals surface area contributed by atoms with Gasteiger partial charge in [0, 0.05) is 31.6 Å². The summed E-state index contributed by atoms with van der Waals surface area (Å²) in [5.74, 6) is 1.31. The van der Waals surface area contributed by atoms with Crippen LogP contribution in [-0.2, 0) is 4.74 Å². The molecule has 2 N–H and O–H groups in total. The summed E-state index contributed by atoms with van der Waals surface area (Å²) >= 11 is 0. The van der Waals surface area contributed by atoms with E-state index in [9.17, 15) is 4.79 Å². The molecule has 0 radical (unpaired) electrons. The minimum Gasteiger partial charge on any atom is -0.444 e. The van der Waals surface area contributed by atoms with E-state index in [4.69, 9.17) is 10.5 Å². The quantitative estimate of drug-likeness (QED) is 0.851. The van der Waals surface area contributed by atoms with Crippen molar-refractivity contribution >= 4 is 17.7 Å². The minimum atomic E-state index is -0.437. The van der Waals surface area contributed by atoms with Crippen LogP contribution in [0.25, 0.3) is 0 Å². The van der Waals surface area contributed by atoms with Gasteiger partial charge in [0.15, 0.2) is 5.82 Å². The number of rotatable bonds is 1. The zero-order valence-corrected chi connectivity index (χ0v) is 14.1. The normalized spacial score (nSPS) is 20.3. The molecule has 0 bridgehead atoms. The second-order valence-corrected chi connectivity index (χ2v) is 7.64. The largest absolute Gasteiger partial charge is 0.444 e. The lowest BCUT2D eigenvalue weighted by Crippen LogP contribution is -2.61. The van der Waals surface area contributed by atoms with E-state index < -0.39 is 5.60 Å². The van der Waals surface area contributed by atoms with E-state index in [0.717, 1.165) is 44.8 Å². The van der Waals surface area contributed by atoms with E-state index in [-0.39, 0.29) is 6.09 Å². The summed E-state index contributed by atoms with van der Waals surface area (Å²) in [6, 6.07) is 3.68. The van der Waals surface area contributed by atoms with E-state index in [1.807, 2.05) is 31.7 Å². The third kappa shape index (κ3) is 3.48. The van der Waals surface area contributed by atoms with Crippen LogP contribution in [0.2, 0.25) is 0 Å². The lowest BCUT2D eigenvalue weighted by molar-refractivity contribution is 0.00589. The molecule has 2 saturated heterocycles. The second-order valence-electron chi connectivity index (χ2n) is 7.64. The standard InChI is InChI=1S/C16H25N5O2/c1-15(2,3)23-14(22)20-8-6-16(7-9-20)10-21(11-16)13-5-4-12(17)18-19-13/h4-5H,6-11H2,1-3H3,(H2,17,18). The first kappa shape index (κ1) is 15.8. The van der Waals surface area contributed by atoms with Crippen molar-refractivity contribution in [3.63, 3.8) is 0 Å². The van der Waals surface area contributed by atoms with Crippen LogP contribution in [0.4, 0.5) is 16.4 Å². The predicted octanol–water partition coefficient (Wildman–Crippen LogP) is 1.90.